The minimum Gasteiger partial charge on any atom is -0.460 e. The summed E-state index contributed by atoms with van der Waals surface area (Å²) < 4.78 is 5.87. The first kappa shape index (κ1) is 19.8. The van der Waals surface area contributed by atoms with Crippen molar-refractivity contribution < 1.29 is 19.1 Å². The van der Waals surface area contributed by atoms with Gasteiger partial charge in [0.05, 0.1) is 16.9 Å². The smallest absolute Gasteiger partial charge is 0.230 e. The lowest BCUT2D eigenvalue weighted by Crippen LogP contribution is -2.52. The monoisotopic (exact) mass is 428 g/mol. The third-order valence-electron chi connectivity index (χ3n) is 6.96. The Hall–Kier alpha value is -2.12. The number of thiophene rings is 1. The van der Waals surface area contributed by atoms with Crippen LogP contribution in [0.25, 0.3) is 10.6 Å². The van der Waals surface area contributed by atoms with Crippen LogP contribution < -0.4 is 0 Å². The summed E-state index contributed by atoms with van der Waals surface area (Å²) in [6.45, 7) is 2.45. The molecule has 0 aromatic carbocycles. The summed E-state index contributed by atoms with van der Waals surface area (Å²) in [6, 6.07) is 7.87. The molecule has 0 radical (unpaired) electrons. The minimum atomic E-state index is -0.657. The molecule has 1 N–H and O–H groups in total. The zero-order valence-corrected chi connectivity index (χ0v) is 17.9. The Balaban J connectivity index is 1.16. The number of likely N-dealkylation sites (tertiary alicyclic amines) is 2. The maximum atomic E-state index is 13.0. The molecular formula is C23H28N2O4S. The lowest BCUT2D eigenvalue weighted by Gasteiger charge is -2.37. The number of furan rings is 1. The number of aliphatic hydroxyl groups excluding tert-OH is 1. The summed E-state index contributed by atoms with van der Waals surface area (Å²) in [7, 11) is 0. The van der Waals surface area contributed by atoms with Gasteiger partial charge in [0.25, 0.3) is 0 Å². The molecule has 1 aliphatic carbocycles. The fraction of sp³-hybridized carbons (Fsp3) is 0.565. The van der Waals surface area contributed by atoms with Gasteiger partial charge >= 0.3 is 0 Å². The molecule has 1 saturated carbocycles. The third kappa shape index (κ3) is 3.93. The van der Waals surface area contributed by atoms with E-state index in [4.69, 9.17) is 4.42 Å². The molecule has 2 aromatic heterocycles. The molecule has 2 amide bonds. The Bertz CT molecular complexity index is 918. The van der Waals surface area contributed by atoms with E-state index >= 15 is 0 Å². The molecule has 4 heterocycles. The van der Waals surface area contributed by atoms with Gasteiger partial charge in [-0.3, -0.25) is 9.59 Å². The Morgan fingerprint density at radius 3 is 2.77 bits per heavy atom. The number of carbonyl (C=O) groups excluding carboxylic acids is 2. The van der Waals surface area contributed by atoms with Gasteiger partial charge in [0.15, 0.2) is 0 Å². The number of nitrogens with zero attached hydrogens (tertiary/aromatic N) is 2. The topological polar surface area (TPSA) is 74.0 Å². The Labute approximate surface area is 180 Å². The predicted octanol–water partition coefficient (Wildman–Crippen LogP) is 3.16. The van der Waals surface area contributed by atoms with E-state index in [1.54, 1.807) is 16.2 Å². The highest BCUT2D eigenvalue weighted by Crippen LogP contribution is 2.52. The second kappa shape index (κ2) is 7.85. The summed E-state index contributed by atoms with van der Waals surface area (Å²) in [6.07, 6.45) is 4.21. The maximum absolute atomic E-state index is 13.0. The molecule has 3 fully saturated rings. The van der Waals surface area contributed by atoms with E-state index in [1.165, 1.54) is 12.8 Å². The number of rotatable bonds is 5. The van der Waals surface area contributed by atoms with Gasteiger partial charge < -0.3 is 19.3 Å². The second-order valence-electron chi connectivity index (χ2n) is 9.06. The van der Waals surface area contributed by atoms with Crippen LogP contribution >= 0.6 is 11.3 Å². The van der Waals surface area contributed by atoms with Crippen LogP contribution in [0, 0.1) is 11.3 Å². The lowest BCUT2D eigenvalue weighted by atomic mass is 9.93. The van der Waals surface area contributed by atoms with E-state index in [-0.39, 0.29) is 11.8 Å². The number of hydrogen-bond donors (Lipinski definition) is 1. The van der Waals surface area contributed by atoms with Crippen molar-refractivity contribution in [3.63, 3.8) is 0 Å². The fourth-order valence-electron chi connectivity index (χ4n) is 4.80. The van der Waals surface area contributed by atoms with Gasteiger partial charge in [0.2, 0.25) is 11.8 Å². The standard InChI is InChI=1S/C23H28N2O4S/c26-18-7-11-24(14-17(18)22(28)25-12-10-23(15-25)8-9-23)21(27)6-4-16-3-5-19(29-16)20-2-1-13-30-20/h1-3,5,13,17-18,26H,4,6-12,14-15H2/t17-,18+/m0/s1. The van der Waals surface area contributed by atoms with Crippen LogP contribution in [0.1, 0.15) is 37.9 Å². The van der Waals surface area contributed by atoms with Crippen LogP contribution in [-0.2, 0) is 16.0 Å². The van der Waals surface area contributed by atoms with Crippen molar-refractivity contribution in [2.45, 2.75) is 44.6 Å². The van der Waals surface area contributed by atoms with Crippen molar-refractivity contribution in [3.8, 4) is 10.6 Å². The highest BCUT2D eigenvalue weighted by atomic mass is 32.1. The molecule has 2 atom stereocenters. The van der Waals surface area contributed by atoms with Crippen LogP contribution in [0.15, 0.2) is 34.1 Å². The van der Waals surface area contributed by atoms with Crippen molar-refractivity contribution in [1.29, 1.82) is 0 Å². The van der Waals surface area contributed by atoms with Gasteiger partial charge in [-0.15, -0.1) is 11.3 Å². The molecule has 2 saturated heterocycles. The molecule has 1 spiro atoms. The van der Waals surface area contributed by atoms with E-state index in [0.717, 1.165) is 35.9 Å². The summed E-state index contributed by atoms with van der Waals surface area (Å²) in [4.78, 5) is 30.5. The molecule has 3 aliphatic rings. The molecule has 2 aromatic rings. The number of aryl methyl sites for hydroxylation is 1. The van der Waals surface area contributed by atoms with Gasteiger partial charge in [-0.05, 0) is 54.7 Å². The summed E-state index contributed by atoms with van der Waals surface area (Å²) in [5.41, 5.74) is 0.371. The molecule has 7 heteroatoms. The van der Waals surface area contributed by atoms with Gasteiger partial charge in [-0.1, -0.05) is 6.07 Å². The summed E-state index contributed by atoms with van der Waals surface area (Å²) >= 11 is 1.63. The van der Waals surface area contributed by atoms with Crippen molar-refractivity contribution in [2.24, 2.45) is 11.3 Å². The Kier molecular flexibility index (Phi) is 5.19. The van der Waals surface area contributed by atoms with Crippen LogP contribution in [0.4, 0.5) is 0 Å². The third-order valence-corrected chi connectivity index (χ3v) is 7.85. The highest BCUT2D eigenvalue weighted by molar-refractivity contribution is 7.13. The van der Waals surface area contributed by atoms with E-state index in [2.05, 4.69) is 0 Å². The van der Waals surface area contributed by atoms with Crippen LogP contribution in [0.2, 0.25) is 0 Å². The number of piperidine rings is 1. The van der Waals surface area contributed by atoms with Crippen LogP contribution in [0.3, 0.4) is 0 Å². The molecular weight excluding hydrogens is 400 g/mol. The number of amides is 2. The minimum absolute atomic E-state index is 0.0221. The van der Waals surface area contributed by atoms with Gasteiger partial charge in [0.1, 0.15) is 11.5 Å². The van der Waals surface area contributed by atoms with Crippen molar-refractivity contribution >= 4 is 23.2 Å². The zero-order valence-electron chi connectivity index (χ0n) is 17.1. The van der Waals surface area contributed by atoms with Crippen molar-refractivity contribution in [1.82, 2.24) is 9.80 Å². The normalized spacial score (nSPS) is 25.1. The lowest BCUT2D eigenvalue weighted by molar-refractivity contribution is -0.145. The zero-order chi connectivity index (χ0) is 20.7. The fourth-order valence-corrected chi connectivity index (χ4v) is 5.49. The van der Waals surface area contributed by atoms with Gasteiger partial charge in [0, 0.05) is 39.0 Å². The molecule has 160 valence electrons. The first-order chi connectivity index (χ1) is 14.5. The Morgan fingerprint density at radius 1 is 1.17 bits per heavy atom. The molecule has 30 heavy (non-hydrogen) atoms. The Morgan fingerprint density at radius 2 is 2.03 bits per heavy atom. The first-order valence-corrected chi connectivity index (χ1v) is 11.8. The predicted molar refractivity (Wildman–Crippen MR) is 114 cm³/mol. The quantitative estimate of drug-likeness (QED) is 0.794. The number of aliphatic hydroxyl groups is 1. The second-order valence-corrected chi connectivity index (χ2v) is 10.0. The molecule has 0 unspecified atom stereocenters. The van der Waals surface area contributed by atoms with Gasteiger partial charge in [-0.25, -0.2) is 0 Å². The maximum Gasteiger partial charge on any atom is 0.230 e. The molecule has 5 rings (SSSR count). The molecule has 2 aliphatic heterocycles. The summed E-state index contributed by atoms with van der Waals surface area (Å²) in [5.74, 6) is 1.18. The van der Waals surface area contributed by atoms with Crippen molar-refractivity contribution in [3.05, 3.63) is 35.4 Å². The van der Waals surface area contributed by atoms with E-state index in [1.807, 2.05) is 34.5 Å². The van der Waals surface area contributed by atoms with E-state index < -0.39 is 12.0 Å². The highest BCUT2D eigenvalue weighted by Gasteiger charge is 2.50. The SMILES string of the molecule is O=C(CCc1ccc(-c2cccs2)o1)N1CC[C@@H](O)[C@@H](C(=O)N2CCC3(CC3)C2)C1. The molecule has 0 bridgehead atoms. The van der Waals surface area contributed by atoms with E-state index in [9.17, 15) is 14.7 Å². The number of carbonyl (C=O) groups is 2. The number of hydrogen-bond acceptors (Lipinski definition) is 5. The van der Waals surface area contributed by atoms with Crippen LogP contribution in [-0.4, -0.2) is 59.0 Å². The van der Waals surface area contributed by atoms with Crippen LogP contribution in [0.5, 0.6) is 0 Å². The summed E-state index contributed by atoms with van der Waals surface area (Å²) in [5, 5.41) is 12.5. The average Bonchev–Trinajstić information content (AvgIpc) is 3.18. The largest absolute Gasteiger partial charge is 0.460 e. The first-order valence-electron chi connectivity index (χ1n) is 10.9. The molecule has 6 nitrogen and oxygen atoms in total. The van der Waals surface area contributed by atoms with Gasteiger partial charge in [-0.2, -0.15) is 0 Å². The van der Waals surface area contributed by atoms with E-state index in [0.29, 0.717) is 37.8 Å². The average molecular weight is 429 g/mol. The van der Waals surface area contributed by atoms with Crippen molar-refractivity contribution in [2.75, 3.05) is 26.2 Å².